The van der Waals surface area contributed by atoms with Crippen molar-refractivity contribution in [2.24, 2.45) is 5.41 Å². The van der Waals surface area contributed by atoms with Gasteiger partial charge in [-0.05, 0) is 26.2 Å². The zero-order valence-electron chi connectivity index (χ0n) is 11.8. The van der Waals surface area contributed by atoms with Crippen LogP contribution in [0.4, 0.5) is 0 Å². The van der Waals surface area contributed by atoms with Gasteiger partial charge >= 0.3 is 0 Å². The van der Waals surface area contributed by atoms with Crippen LogP contribution in [-0.2, 0) is 9.53 Å². The fourth-order valence-electron chi connectivity index (χ4n) is 2.56. The van der Waals surface area contributed by atoms with E-state index in [1.165, 1.54) is 12.8 Å². The molecule has 0 aromatic rings. The maximum absolute atomic E-state index is 11.8. The standard InChI is InChI=1S/C14H26N2O2/c1-4-18-12-9-11(14(12,2)3)16-13(17)7-8-15-10-5-6-10/h10-12,15H,4-9H2,1-3H3,(H,16,17). The first-order valence-electron chi connectivity index (χ1n) is 7.18. The summed E-state index contributed by atoms with van der Waals surface area (Å²) >= 11 is 0. The first kappa shape index (κ1) is 13.8. The van der Waals surface area contributed by atoms with E-state index in [-0.39, 0.29) is 23.5 Å². The highest BCUT2D eigenvalue weighted by molar-refractivity contribution is 5.76. The van der Waals surface area contributed by atoms with E-state index in [2.05, 4.69) is 24.5 Å². The molecule has 0 bridgehead atoms. The molecule has 0 aromatic carbocycles. The van der Waals surface area contributed by atoms with Crippen LogP contribution in [0.15, 0.2) is 0 Å². The SMILES string of the molecule is CCOC1CC(NC(=O)CCNC2CC2)C1(C)C. The van der Waals surface area contributed by atoms with Crippen molar-refractivity contribution in [1.29, 1.82) is 0 Å². The third kappa shape index (κ3) is 3.23. The van der Waals surface area contributed by atoms with E-state index in [1.807, 2.05) is 6.92 Å². The lowest BCUT2D eigenvalue weighted by atomic mass is 9.64. The molecule has 2 N–H and O–H groups in total. The van der Waals surface area contributed by atoms with Crippen LogP contribution in [0.2, 0.25) is 0 Å². The predicted octanol–water partition coefficient (Wildman–Crippen LogP) is 1.45. The van der Waals surface area contributed by atoms with Crippen molar-refractivity contribution in [1.82, 2.24) is 10.6 Å². The van der Waals surface area contributed by atoms with Gasteiger partial charge in [0.25, 0.3) is 0 Å². The smallest absolute Gasteiger partial charge is 0.221 e. The Morgan fingerprint density at radius 3 is 2.67 bits per heavy atom. The summed E-state index contributed by atoms with van der Waals surface area (Å²) in [5.41, 5.74) is 0.0651. The highest BCUT2D eigenvalue weighted by Gasteiger charge is 2.49. The van der Waals surface area contributed by atoms with Gasteiger partial charge in [-0.1, -0.05) is 13.8 Å². The number of ether oxygens (including phenoxy) is 1. The number of amides is 1. The molecule has 0 spiro atoms. The lowest BCUT2D eigenvalue weighted by molar-refractivity contribution is -0.136. The summed E-state index contributed by atoms with van der Waals surface area (Å²) in [5, 5.41) is 6.49. The van der Waals surface area contributed by atoms with Gasteiger partial charge in [-0.3, -0.25) is 4.79 Å². The Balaban J connectivity index is 1.64. The Labute approximate surface area is 110 Å². The second-order valence-corrected chi connectivity index (χ2v) is 6.10. The van der Waals surface area contributed by atoms with E-state index in [0.717, 1.165) is 19.6 Å². The first-order valence-corrected chi connectivity index (χ1v) is 7.18. The molecule has 4 heteroatoms. The molecule has 2 aliphatic rings. The summed E-state index contributed by atoms with van der Waals surface area (Å²) in [6, 6.07) is 0.947. The van der Waals surface area contributed by atoms with Gasteiger partial charge in [-0.15, -0.1) is 0 Å². The predicted molar refractivity (Wildman–Crippen MR) is 71.4 cm³/mol. The lowest BCUT2D eigenvalue weighted by Gasteiger charge is -2.51. The summed E-state index contributed by atoms with van der Waals surface area (Å²) < 4.78 is 5.66. The number of rotatable bonds is 7. The molecule has 2 aliphatic carbocycles. The van der Waals surface area contributed by atoms with Gasteiger partial charge in [0.2, 0.25) is 5.91 Å². The molecule has 2 fully saturated rings. The van der Waals surface area contributed by atoms with Crippen molar-refractivity contribution in [2.75, 3.05) is 13.2 Å². The van der Waals surface area contributed by atoms with Gasteiger partial charge in [0.05, 0.1) is 6.10 Å². The quantitative estimate of drug-likeness (QED) is 0.723. The van der Waals surface area contributed by atoms with Crippen molar-refractivity contribution < 1.29 is 9.53 Å². The molecule has 0 aromatic heterocycles. The van der Waals surface area contributed by atoms with Crippen molar-refractivity contribution in [2.45, 2.75) is 64.6 Å². The molecule has 0 heterocycles. The van der Waals surface area contributed by atoms with Crippen LogP contribution in [0.5, 0.6) is 0 Å². The number of carbonyl (C=O) groups is 1. The average molecular weight is 254 g/mol. The number of hydrogen-bond donors (Lipinski definition) is 2. The summed E-state index contributed by atoms with van der Waals surface area (Å²) in [6.07, 6.45) is 4.36. The van der Waals surface area contributed by atoms with Gasteiger partial charge in [-0.2, -0.15) is 0 Å². The maximum Gasteiger partial charge on any atom is 0.221 e. The highest BCUT2D eigenvalue weighted by atomic mass is 16.5. The zero-order valence-corrected chi connectivity index (χ0v) is 11.8. The number of nitrogens with one attached hydrogen (secondary N) is 2. The topological polar surface area (TPSA) is 50.4 Å². The third-order valence-corrected chi connectivity index (χ3v) is 4.24. The minimum atomic E-state index is 0.0651. The molecular formula is C14H26N2O2. The highest BCUT2D eigenvalue weighted by Crippen LogP contribution is 2.42. The molecule has 0 aliphatic heterocycles. The molecule has 0 saturated heterocycles. The Kier molecular flexibility index (Phi) is 4.28. The Hall–Kier alpha value is -0.610. The van der Waals surface area contributed by atoms with Crippen LogP contribution in [-0.4, -0.2) is 37.2 Å². The lowest BCUT2D eigenvalue weighted by Crippen LogP contribution is -2.62. The molecular weight excluding hydrogens is 228 g/mol. The van der Waals surface area contributed by atoms with E-state index in [0.29, 0.717) is 12.5 Å². The summed E-state index contributed by atoms with van der Waals surface area (Å²) in [7, 11) is 0. The molecule has 1 amide bonds. The summed E-state index contributed by atoms with van der Waals surface area (Å²) in [5.74, 6) is 0.163. The monoisotopic (exact) mass is 254 g/mol. The van der Waals surface area contributed by atoms with E-state index >= 15 is 0 Å². The minimum absolute atomic E-state index is 0.0651. The van der Waals surface area contributed by atoms with Crippen LogP contribution in [0.3, 0.4) is 0 Å². The summed E-state index contributed by atoms with van der Waals surface area (Å²) in [6.45, 7) is 7.92. The van der Waals surface area contributed by atoms with Crippen molar-refractivity contribution in [3.63, 3.8) is 0 Å². The number of hydrogen-bond acceptors (Lipinski definition) is 3. The van der Waals surface area contributed by atoms with Gasteiger partial charge in [0, 0.05) is 37.1 Å². The molecule has 104 valence electrons. The van der Waals surface area contributed by atoms with Crippen molar-refractivity contribution in [3.05, 3.63) is 0 Å². The van der Waals surface area contributed by atoms with Crippen LogP contribution < -0.4 is 10.6 Å². The second-order valence-electron chi connectivity index (χ2n) is 6.10. The minimum Gasteiger partial charge on any atom is -0.378 e. The normalized spacial score (nSPS) is 29.7. The molecule has 2 saturated carbocycles. The van der Waals surface area contributed by atoms with Crippen LogP contribution in [0.1, 0.15) is 46.5 Å². The fourth-order valence-corrected chi connectivity index (χ4v) is 2.56. The molecule has 18 heavy (non-hydrogen) atoms. The van der Waals surface area contributed by atoms with E-state index < -0.39 is 0 Å². The van der Waals surface area contributed by atoms with Gasteiger partial charge in [0.1, 0.15) is 0 Å². The molecule has 2 rings (SSSR count). The van der Waals surface area contributed by atoms with E-state index in [4.69, 9.17) is 4.74 Å². The first-order chi connectivity index (χ1) is 8.54. The Morgan fingerprint density at radius 2 is 2.11 bits per heavy atom. The fraction of sp³-hybridized carbons (Fsp3) is 0.929. The Morgan fingerprint density at radius 1 is 1.39 bits per heavy atom. The average Bonchev–Trinajstić information content (AvgIpc) is 3.12. The van der Waals surface area contributed by atoms with Crippen LogP contribution in [0.25, 0.3) is 0 Å². The van der Waals surface area contributed by atoms with Crippen LogP contribution >= 0.6 is 0 Å². The third-order valence-electron chi connectivity index (χ3n) is 4.24. The van der Waals surface area contributed by atoms with E-state index in [1.54, 1.807) is 0 Å². The van der Waals surface area contributed by atoms with Gasteiger partial charge in [0.15, 0.2) is 0 Å². The van der Waals surface area contributed by atoms with Crippen LogP contribution in [0, 0.1) is 5.41 Å². The second kappa shape index (κ2) is 5.57. The molecule has 4 nitrogen and oxygen atoms in total. The van der Waals surface area contributed by atoms with Crippen molar-refractivity contribution >= 4 is 5.91 Å². The molecule has 2 atom stereocenters. The zero-order chi connectivity index (χ0) is 13.2. The van der Waals surface area contributed by atoms with E-state index in [9.17, 15) is 4.79 Å². The molecule has 0 radical (unpaired) electrons. The molecule has 2 unspecified atom stereocenters. The summed E-state index contributed by atoms with van der Waals surface area (Å²) in [4.78, 5) is 11.8. The number of carbonyl (C=O) groups excluding carboxylic acids is 1. The van der Waals surface area contributed by atoms with Gasteiger partial charge in [-0.25, -0.2) is 0 Å². The van der Waals surface area contributed by atoms with Crippen molar-refractivity contribution in [3.8, 4) is 0 Å². The van der Waals surface area contributed by atoms with Gasteiger partial charge < -0.3 is 15.4 Å². The maximum atomic E-state index is 11.8. The largest absolute Gasteiger partial charge is 0.378 e. The Bertz CT molecular complexity index is 300.